The van der Waals surface area contributed by atoms with Gasteiger partial charge in [-0.25, -0.2) is 9.98 Å². The van der Waals surface area contributed by atoms with E-state index in [-0.39, 0.29) is 40.1 Å². The van der Waals surface area contributed by atoms with E-state index in [9.17, 15) is 13.6 Å². The number of carbonyl (C=O) groups excluding carboxylic acids is 1. The van der Waals surface area contributed by atoms with Crippen molar-refractivity contribution >= 4 is 35.1 Å². The molecule has 200 valence electrons. The highest BCUT2D eigenvalue weighted by molar-refractivity contribution is 6.25. The normalized spacial score (nSPS) is 17.1. The molecule has 1 fully saturated rings. The highest BCUT2D eigenvalue weighted by Crippen LogP contribution is 2.38. The summed E-state index contributed by atoms with van der Waals surface area (Å²) in [4.78, 5) is 23.4. The third-order valence-electron chi connectivity index (χ3n) is 6.24. The molecule has 1 amide bonds. The zero-order valence-electron chi connectivity index (χ0n) is 21.1. The van der Waals surface area contributed by atoms with Gasteiger partial charge in [0, 0.05) is 41.7 Å². The number of rotatable bonds is 9. The van der Waals surface area contributed by atoms with Crippen LogP contribution in [-0.2, 0) is 11.3 Å². The summed E-state index contributed by atoms with van der Waals surface area (Å²) in [5.74, 6) is -0.720. The molecule has 3 heterocycles. The molecule has 0 unspecified atom stereocenters. The van der Waals surface area contributed by atoms with Crippen molar-refractivity contribution in [2.45, 2.75) is 39.0 Å². The molecule has 0 bridgehead atoms. The first-order valence-corrected chi connectivity index (χ1v) is 11.9. The number of benzene rings is 1. The first kappa shape index (κ1) is 26.7. The minimum atomic E-state index is -3.07. The first-order chi connectivity index (χ1) is 18.3. The van der Waals surface area contributed by atoms with Crippen molar-refractivity contribution in [2.24, 2.45) is 15.7 Å². The Bertz CT molecular complexity index is 1410. The Morgan fingerprint density at radius 3 is 2.92 bits per heavy atom. The number of anilines is 1. The molecule has 0 radical (unpaired) electrons. The van der Waals surface area contributed by atoms with E-state index in [1.807, 2.05) is 7.05 Å². The molecule has 1 aromatic carbocycles. The van der Waals surface area contributed by atoms with Crippen LogP contribution in [0.5, 0.6) is 5.75 Å². The average Bonchev–Trinajstić information content (AvgIpc) is 3.61. The van der Waals surface area contributed by atoms with E-state index in [0.717, 1.165) is 25.6 Å². The number of hydrogen-bond acceptors (Lipinski definition) is 7. The minimum absolute atomic E-state index is 0.0196. The van der Waals surface area contributed by atoms with Gasteiger partial charge in [-0.15, -0.1) is 0 Å². The van der Waals surface area contributed by atoms with Gasteiger partial charge in [0.1, 0.15) is 11.4 Å². The Morgan fingerprint density at radius 1 is 1.45 bits per heavy atom. The summed E-state index contributed by atoms with van der Waals surface area (Å²) in [5.41, 5.74) is 6.99. The molecule has 0 aliphatic carbocycles. The van der Waals surface area contributed by atoms with Gasteiger partial charge in [0.05, 0.1) is 29.5 Å². The standard InChI is InChI=1S/C25H29F2N9O2/c1-4-7-30-23(29-2)18(11-28)24(37)32-20-14-36(13-16-6-5-8-35(16)3)34-22(20)17-9-15-12-31-33-19(15)10-21(17)38-25(26)27/h4,7,9-12,14,16,25H,2,5-6,8,13,28H2,1,3H3,(H,31,33)(H,32,37)/b7-4-,18-11?,30-23?/t16-/m1/s1. The SMILES string of the molecule is C=NC(=N/C=C\C)C(=CN)C(=O)Nc1cn(C[C@H]2CCCN2C)nc1-c1cc2cn[nH]c2cc1OC(F)F. The molecule has 2 aromatic heterocycles. The molecule has 1 saturated heterocycles. The summed E-state index contributed by atoms with van der Waals surface area (Å²) < 4.78 is 33.2. The van der Waals surface area contributed by atoms with E-state index < -0.39 is 12.5 Å². The number of amidine groups is 1. The van der Waals surface area contributed by atoms with E-state index in [1.165, 1.54) is 12.3 Å². The number of nitrogens with two attached hydrogens (primary N) is 1. The Hall–Kier alpha value is -4.39. The lowest BCUT2D eigenvalue weighted by Gasteiger charge is -2.18. The van der Waals surface area contributed by atoms with E-state index in [0.29, 0.717) is 17.4 Å². The summed E-state index contributed by atoms with van der Waals surface area (Å²) in [7, 11) is 2.04. The number of aromatic nitrogens is 4. The smallest absolute Gasteiger partial charge is 0.387 e. The molecule has 1 atom stereocenters. The molecule has 4 rings (SSSR count). The molecule has 11 nitrogen and oxygen atoms in total. The predicted molar refractivity (Wildman–Crippen MR) is 142 cm³/mol. The van der Waals surface area contributed by atoms with Gasteiger partial charge in [0.2, 0.25) is 0 Å². The third kappa shape index (κ3) is 5.78. The van der Waals surface area contributed by atoms with Crippen molar-refractivity contribution < 1.29 is 18.3 Å². The number of H-pyrrole nitrogens is 1. The molecule has 0 spiro atoms. The van der Waals surface area contributed by atoms with Gasteiger partial charge in [-0.2, -0.15) is 19.0 Å². The second-order valence-electron chi connectivity index (χ2n) is 8.70. The molecule has 3 aromatic rings. The zero-order chi connectivity index (χ0) is 27.2. The van der Waals surface area contributed by atoms with Crippen LogP contribution < -0.4 is 15.8 Å². The van der Waals surface area contributed by atoms with Crippen LogP contribution in [0.1, 0.15) is 19.8 Å². The number of nitrogens with one attached hydrogen (secondary N) is 2. The maximum Gasteiger partial charge on any atom is 0.387 e. The highest BCUT2D eigenvalue weighted by atomic mass is 19.3. The molecule has 1 aliphatic heterocycles. The van der Waals surface area contributed by atoms with E-state index >= 15 is 0 Å². The number of hydrogen-bond donors (Lipinski definition) is 3. The molecule has 13 heteroatoms. The van der Waals surface area contributed by atoms with E-state index in [2.05, 4.69) is 42.2 Å². The van der Waals surface area contributed by atoms with Crippen LogP contribution in [-0.4, -0.2) is 69.6 Å². The first-order valence-electron chi connectivity index (χ1n) is 11.9. The van der Waals surface area contributed by atoms with Gasteiger partial charge in [-0.1, -0.05) is 6.08 Å². The number of amides is 1. The Kier molecular flexibility index (Phi) is 8.26. The number of nitrogens with zero attached hydrogens (tertiary/aromatic N) is 6. The number of likely N-dealkylation sites (N-methyl/N-ethyl adjacent to an activating group) is 1. The van der Waals surface area contributed by atoms with Gasteiger partial charge in [-0.3, -0.25) is 14.6 Å². The number of carbonyl (C=O) groups is 1. The number of fused-ring (bicyclic) bond motifs is 1. The maximum atomic E-state index is 13.3. The fraction of sp³-hybridized carbons (Fsp3) is 0.320. The van der Waals surface area contributed by atoms with Crippen LogP contribution in [0.2, 0.25) is 0 Å². The Labute approximate surface area is 217 Å². The molecular formula is C25H29F2N9O2. The van der Waals surface area contributed by atoms with Gasteiger partial charge in [-0.05, 0) is 46.1 Å². The lowest BCUT2D eigenvalue weighted by molar-refractivity contribution is -0.112. The quantitative estimate of drug-likeness (QED) is 0.222. The van der Waals surface area contributed by atoms with Crippen molar-refractivity contribution in [3.8, 4) is 17.0 Å². The summed E-state index contributed by atoms with van der Waals surface area (Å²) >= 11 is 0. The molecular weight excluding hydrogens is 496 g/mol. The second-order valence-corrected chi connectivity index (χ2v) is 8.70. The Morgan fingerprint density at radius 2 is 2.26 bits per heavy atom. The van der Waals surface area contributed by atoms with Crippen LogP contribution in [0, 0.1) is 0 Å². The average molecular weight is 526 g/mol. The summed E-state index contributed by atoms with van der Waals surface area (Å²) in [6.45, 7) is 3.66. The molecule has 4 N–H and O–H groups in total. The summed E-state index contributed by atoms with van der Waals surface area (Å²) in [6, 6.07) is 3.29. The largest absolute Gasteiger partial charge is 0.434 e. The van der Waals surface area contributed by atoms with Crippen LogP contribution in [0.4, 0.5) is 14.5 Å². The molecule has 38 heavy (non-hydrogen) atoms. The highest BCUT2D eigenvalue weighted by Gasteiger charge is 2.26. The monoisotopic (exact) mass is 525 g/mol. The number of aromatic amines is 1. The summed E-state index contributed by atoms with van der Waals surface area (Å²) in [5, 5.41) is 14.8. The zero-order valence-corrected chi connectivity index (χ0v) is 21.1. The number of aliphatic imine (C=N–C) groups is 2. The minimum Gasteiger partial charge on any atom is -0.434 e. The maximum absolute atomic E-state index is 13.3. The predicted octanol–water partition coefficient (Wildman–Crippen LogP) is 3.54. The van der Waals surface area contributed by atoms with Crippen LogP contribution >= 0.6 is 0 Å². The third-order valence-corrected chi connectivity index (χ3v) is 6.24. The number of allylic oxidation sites excluding steroid dienone is 1. The second kappa shape index (κ2) is 11.8. The van der Waals surface area contributed by atoms with Gasteiger partial charge >= 0.3 is 6.61 Å². The number of alkyl halides is 2. The fourth-order valence-corrected chi connectivity index (χ4v) is 4.36. The van der Waals surface area contributed by atoms with Crippen molar-refractivity contribution in [3.63, 3.8) is 0 Å². The van der Waals surface area contributed by atoms with Gasteiger partial charge < -0.3 is 20.7 Å². The van der Waals surface area contributed by atoms with Crippen molar-refractivity contribution in [1.82, 2.24) is 24.9 Å². The summed E-state index contributed by atoms with van der Waals surface area (Å²) in [6.07, 6.45) is 9.46. The fourth-order valence-electron chi connectivity index (χ4n) is 4.36. The van der Waals surface area contributed by atoms with E-state index in [1.54, 1.807) is 36.1 Å². The number of halogens is 2. The molecule has 1 aliphatic rings. The van der Waals surface area contributed by atoms with Crippen molar-refractivity contribution in [1.29, 1.82) is 0 Å². The van der Waals surface area contributed by atoms with Crippen molar-refractivity contribution in [2.75, 3.05) is 18.9 Å². The van der Waals surface area contributed by atoms with Crippen LogP contribution in [0.25, 0.3) is 22.2 Å². The van der Waals surface area contributed by atoms with E-state index in [4.69, 9.17) is 10.5 Å². The lowest BCUT2D eigenvalue weighted by atomic mass is 10.1. The Balaban J connectivity index is 1.78. The molecule has 0 saturated carbocycles. The lowest BCUT2D eigenvalue weighted by Crippen LogP contribution is -2.29. The topological polar surface area (TPSA) is 139 Å². The van der Waals surface area contributed by atoms with Gasteiger partial charge in [0.25, 0.3) is 5.91 Å². The van der Waals surface area contributed by atoms with Crippen molar-refractivity contribution in [3.05, 3.63) is 48.6 Å². The number of likely N-dealkylation sites (tertiary alicyclic amines) is 1. The van der Waals surface area contributed by atoms with Crippen LogP contribution in [0.15, 0.2) is 58.6 Å². The van der Waals surface area contributed by atoms with Crippen LogP contribution in [0.3, 0.4) is 0 Å². The number of ether oxygens (including phenoxy) is 1. The van der Waals surface area contributed by atoms with Gasteiger partial charge in [0.15, 0.2) is 5.84 Å².